The third-order valence-electron chi connectivity index (χ3n) is 15.6. The molecule has 0 aromatic heterocycles. The van der Waals surface area contributed by atoms with Gasteiger partial charge in [-0.3, -0.25) is 4.55 Å². The summed E-state index contributed by atoms with van der Waals surface area (Å²) in [4.78, 5) is 0. The van der Waals surface area contributed by atoms with Crippen molar-refractivity contribution in [1.82, 2.24) is 0 Å². The van der Waals surface area contributed by atoms with Gasteiger partial charge in [0.05, 0.1) is 11.7 Å². The summed E-state index contributed by atoms with van der Waals surface area (Å²) in [6.07, 6.45) is 14.0. The molecule has 7 rings (SSSR count). The lowest BCUT2D eigenvalue weighted by Gasteiger charge is -2.56. The minimum Gasteiger partial charge on any atom is -0.508 e. The first-order valence-corrected chi connectivity index (χ1v) is 18.4. The van der Waals surface area contributed by atoms with Crippen molar-refractivity contribution in [1.29, 1.82) is 0 Å². The lowest BCUT2D eigenvalue weighted by molar-refractivity contribution is -0.179. The van der Waals surface area contributed by atoms with Gasteiger partial charge in [0.25, 0.3) is 0 Å². The second kappa shape index (κ2) is 9.15. The number of ether oxygens (including phenoxy) is 1. The zero-order valence-corrected chi connectivity index (χ0v) is 28.3. The molecule has 7 heteroatoms. The minimum atomic E-state index is -4.67. The number of hydrogen-bond donors (Lipinski definition) is 2. The Morgan fingerprint density at radius 1 is 0.814 bits per heavy atom. The van der Waals surface area contributed by atoms with E-state index in [0.717, 1.165) is 43.2 Å². The fraction of sp³-hybridized carbons (Fsp3) is 0.833. The van der Waals surface area contributed by atoms with Crippen molar-refractivity contribution in [3.05, 3.63) is 23.3 Å². The first-order chi connectivity index (χ1) is 19.9. The molecule has 5 fully saturated rings. The number of rotatable bonds is 3. The van der Waals surface area contributed by atoms with Crippen molar-refractivity contribution in [2.24, 2.45) is 45.3 Å². The second-order valence-corrected chi connectivity index (χ2v) is 18.7. The summed E-state index contributed by atoms with van der Waals surface area (Å²) in [7, 11) is -4.67. The maximum atomic E-state index is 11.8. The molecule has 10 atom stereocenters. The molecule has 0 spiro atoms. The molecular weight excluding hydrogens is 560 g/mol. The Labute approximate surface area is 259 Å². The second-order valence-electron chi connectivity index (χ2n) is 17.6. The SMILES string of the molecule is CC1(C)CCC[C@]2(C)O[C@H]3CC[C@@](C)([C@@H]4CC[C@]5(C)C4CC[C@]4(C)c6c(OS(=O)(=O)O)ccc(O)c6C[C@H]45)[C@]3(C)CC[C@@H]12. The number of fused-ring (bicyclic) bond motifs is 7. The topological polar surface area (TPSA) is 93.1 Å². The van der Waals surface area contributed by atoms with Gasteiger partial charge in [0.2, 0.25) is 0 Å². The fourth-order valence-electron chi connectivity index (χ4n) is 13.3. The van der Waals surface area contributed by atoms with E-state index < -0.39 is 10.4 Å². The molecule has 1 aromatic rings. The molecule has 1 saturated heterocycles. The zero-order valence-electron chi connectivity index (χ0n) is 27.5. The van der Waals surface area contributed by atoms with Gasteiger partial charge in [-0.15, -0.1) is 0 Å². The molecular formula is C36H54O6S. The zero-order chi connectivity index (χ0) is 31.0. The smallest absolute Gasteiger partial charge is 0.446 e. The molecule has 1 unspecified atom stereocenters. The summed E-state index contributed by atoms with van der Waals surface area (Å²) < 4.78 is 45.6. The van der Waals surface area contributed by atoms with E-state index in [-0.39, 0.29) is 44.7 Å². The molecule has 2 N–H and O–H groups in total. The highest BCUT2D eigenvalue weighted by Crippen LogP contribution is 2.74. The molecule has 6 aliphatic rings. The maximum Gasteiger partial charge on any atom is 0.446 e. The molecule has 1 aliphatic heterocycles. The van der Waals surface area contributed by atoms with Crippen LogP contribution in [-0.2, 0) is 27.0 Å². The number of hydrogen-bond acceptors (Lipinski definition) is 5. The summed E-state index contributed by atoms with van der Waals surface area (Å²) in [5.41, 5.74) is 1.98. The van der Waals surface area contributed by atoms with Crippen LogP contribution in [0.25, 0.3) is 0 Å². The average Bonchev–Trinajstić information content (AvgIpc) is 3.46. The van der Waals surface area contributed by atoms with Crippen LogP contribution in [-0.4, -0.2) is 29.8 Å². The highest BCUT2D eigenvalue weighted by Gasteiger charge is 2.69. The van der Waals surface area contributed by atoms with Crippen LogP contribution in [0.1, 0.15) is 130 Å². The Bertz CT molecular complexity index is 1440. The van der Waals surface area contributed by atoms with Crippen LogP contribution in [0.3, 0.4) is 0 Å². The predicted molar refractivity (Wildman–Crippen MR) is 167 cm³/mol. The third kappa shape index (κ3) is 4.05. The van der Waals surface area contributed by atoms with E-state index in [1.807, 2.05) is 0 Å². The van der Waals surface area contributed by atoms with Gasteiger partial charge in [-0.05, 0) is 135 Å². The molecule has 240 valence electrons. The van der Waals surface area contributed by atoms with E-state index in [1.54, 1.807) is 0 Å². The van der Waals surface area contributed by atoms with Gasteiger partial charge in [0.15, 0.2) is 0 Å². The van der Waals surface area contributed by atoms with Crippen molar-refractivity contribution >= 4 is 10.4 Å². The van der Waals surface area contributed by atoms with E-state index in [4.69, 9.17) is 8.92 Å². The highest BCUT2D eigenvalue weighted by atomic mass is 32.3. The predicted octanol–water partition coefficient (Wildman–Crippen LogP) is 8.40. The Morgan fingerprint density at radius 2 is 1.51 bits per heavy atom. The van der Waals surface area contributed by atoms with Crippen molar-refractivity contribution < 1.29 is 27.0 Å². The third-order valence-corrected chi connectivity index (χ3v) is 16.0. The Hall–Kier alpha value is -1.31. The number of benzene rings is 1. The number of aromatic hydroxyl groups is 1. The molecule has 5 aliphatic carbocycles. The van der Waals surface area contributed by atoms with Gasteiger partial charge in [0.1, 0.15) is 11.5 Å². The Balaban J connectivity index is 1.22. The lowest BCUT2D eigenvalue weighted by Crippen LogP contribution is -2.52. The van der Waals surface area contributed by atoms with Crippen LogP contribution in [0, 0.1) is 45.3 Å². The van der Waals surface area contributed by atoms with Gasteiger partial charge < -0.3 is 14.0 Å². The fourth-order valence-corrected chi connectivity index (χ4v) is 13.7. The molecule has 43 heavy (non-hydrogen) atoms. The van der Waals surface area contributed by atoms with E-state index in [1.165, 1.54) is 57.1 Å². The number of phenolic OH excluding ortho intramolecular Hbond substituents is 1. The van der Waals surface area contributed by atoms with Gasteiger partial charge in [-0.1, -0.05) is 48.0 Å². The maximum absolute atomic E-state index is 11.8. The standard InChI is InChI=1S/C36H54O6S/c1-31(2)15-8-16-36(7)27(31)13-19-35(6)29(41-36)14-20-34(35,5)24-12-17-32(3)23(24)11-18-33(4)28(32)21-22-25(37)9-10-26(30(22)33)42-43(38,39)40/h9-10,23-24,27-29,37H,8,11-21H2,1-7H3,(H,38,39,40)/t23?,24-,27+,28+,29+,32-,33+,34+,35-,36+/m1/s1. The molecule has 6 nitrogen and oxygen atoms in total. The monoisotopic (exact) mass is 614 g/mol. The number of phenols is 1. The van der Waals surface area contributed by atoms with E-state index in [2.05, 4.69) is 48.5 Å². The van der Waals surface area contributed by atoms with E-state index in [0.29, 0.717) is 29.3 Å². The van der Waals surface area contributed by atoms with E-state index >= 15 is 0 Å². The largest absolute Gasteiger partial charge is 0.508 e. The summed E-state index contributed by atoms with van der Waals surface area (Å²) in [5, 5.41) is 11.0. The summed E-state index contributed by atoms with van der Waals surface area (Å²) in [6.45, 7) is 17.3. The first kappa shape index (κ1) is 30.3. The average molecular weight is 615 g/mol. The van der Waals surface area contributed by atoms with Crippen LogP contribution in [0.4, 0.5) is 0 Å². The van der Waals surface area contributed by atoms with Crippen molar-refractivity contribution in [3.63, 3.8) is 0 Å². The minimum absolute atomic E-state index is 0.0221. The van der Waals surface area contributed by atoms with Crippen LogP contribution in [0.15, 0.2) is 12.1 Å². The van der Waals surface area contributed by atoms with Crippen molar-refractivity contribution in [3.8, 4) is 11.5 Å². The van der Waals surface area contributed by atoms with Gasteiger partial charge in [-0.25, -0.2) is 0 Å². The van der Waals surface area contributed by atoms with Crippen LogP contribution < -0.4 is 4.18 Å². The Morgan fingerprint density at radius 3 is 2.23 bits per heavy atom. The van der Waals surface area contributed by atoms with E-state index in [9.17, 15) is 18.1 Å². The van der Waals surface area contributed by atoms with Crippen molar-refractivity contribution in [2.75, 3.05) is 0 Å². The molecule has 1 aromatic carbocycles. The summed E-state index contributed by atoms with van der Waals surface area (Å²) >= 11 is 0. The van der Waals surface area contributed by atoms with Gasteiger partial charge in [-0.2, -0.15) is 8.42 Å². The Kier molecular flexibility index (Phi) is 6.46. The lowest BCUT2D eigenvalue weighted by atomic mass is 9.48. The molecule has 0 radical (unpaired) electrons. The van der Waals surface area contributed by atoms with Crippen molar-refractivity contribution in [2.45, 2.75) is 143 Å². The summed E-state index contributed by atoms with van der Waals surface area (Å²) in [5.74, 6) is 2.45. The van der Waals surface area contributed by atoms with Crippen LogP contribution in [0.2, 0.25) is 0 Å². The highest BCUT2D eigenvalue weighted by molar-refractivity contribution is 7.81. The quantitative estimate of drug-likeness (QED) is 0.332. The van der Waals surface area contributed by atoms with Gasteiger partial charge in [0, 0.05) is 16.5 Å². The molecule has 4 saturated carbocycles. The molecule has 1 heterocycles. The summed E-state index contributed by atoms with van der Waals surface area (Å²) in [6, 6.07) is 3.02. The van der Waals surface area contributed by atoms with Gasteiger partial charge >= 0.3 is 10.4 Å². The molecule has 0 bridgehead atoms. The molecule has 0 amide bonds. The first-order valence-electron chi connectivity index (χ1n) is 17.1. The normalized spacial score (nSPS) is 48.4. The van der Waals surface area contributed by atoms with Crippen LogP contribution >= 0.6 is 0 Å². The van der Waals surface area contributed by atoms with Crippen LogP contribution in [0.5, 0.6) is 11.5 Å².